The molecule has 0 spiro atoms. The zero-order valence-corrected chi connectivity index (χ0v) is 16.7. The van der Waals surface area contributed by atoms with Gasteiger partial charge in [-0.1, -0.05) is 12.1 Å². The fourth-order valence-corrected chi connectivity index (χ4v) is 3.43. The van der Waals surface area contributed by atoms with Crippen LogP contribution in [-0.2, 0) is 15.8 Å². The summed E-state index contributed by atoms with van der Waals surface area (Å²) in [5.41, 5.74) is 1.99. The van der Waals surface area contributed by atoms with Crippen LogP contribution in [0.1, 0.15) is 23.1 Å². The topological polar surface area (TPSA) is 74.3 Å². The first-order chi connectivity index (χ1) is 14.2. The summed E-state index contributed by atoms with van der Waals surface area (Å²) >= 11 is 0. The number of carbonyl (C=O) groups excluding carboxylic acids is 2. The summed E-state index contributed by atoms with van der Waals surface area (Å²) in [6.07, 6.45) is -3.14. The minimum Gasteiger partial charge on any atom is -0.368 e. The first-order valence-corrected chi connectivity index (χ1v) is 9.59. The van der Waals surface area contributed by atoms with Crippen molar-refractivity contribution in [2.24, 2.45) is 5.92 Å². The molecule has 2 heterocycles. The highest BCUT2D eigenvalue weighted by Crippen LogP contribution is 2.33. The summed E-state index contributed by atoms with van der Waals surface area (Å²) in [6, 6.07) is 7.85. The second kappa shape index (κ2) is 8.73. The highest BCUT2D eigenvalue weighted by Gasteiger charge is 2.36. The monoisotopic (exact) mass is 420 g/mol. The molecular weight excluding hydrogens is 397 g/mol. The Balaban J connectivity index is 1.53. The Morgan fingerprint density at radius 2 is 1.97 bits per heavy atom. The van der Waals surface area contributed by atoms with E-state index in [9.17, 15) is 22.8 Å². The number of anilines is 2. The lowest BCUT2D eigenvalue weighted by atomic mass is 10.1. The molecule has 1 saturated heterocycles. The maximum atomic E-state index is 13.0. The molecule has 2 amide bonds. The Labute approximate surface area is 172 Å². The second-order valence-corrected chi connectivity index (χ2v) is 7.24. The molecule has 1 atom stereocenters. The number of hydrogen-bond donors (Lipinski definition) is 2. The van der Waals surface area contributed by atoms with Gasteiger partial charge in [-0.3, -0.25) is 9.59 Å². The smallest absolute Gasteiger partial charge is 0.368 e. The third-order valence-electron chi connectivity index (χ3n) is 5.19. The molecule has 0 saturated carbocycles. The van der Waals surface area contributed by atoms with Crippen molar-refractivity contribution < 1.29 is 22.8 Å². The van der Waals surface area contributed by atoms with Crippen LogP contribution in [0.4, 0.5) is 24.7 Å². The summed E-state index contributed by atoms with van der Waals surface area (Å²) in [4.78, 5) is 30.2. The van der Waals surface area contributed by atoms with Crippen LogP contribution < -0.4 is 15.5 Å². The lowest BCUT2D eigenvalue weighted by Crippen LogP contribution is -2.35. The molecule has 2 N–H and O–H groups in total. The average molecular weight is 420 g/mol. The molecule has 1 aromatic heterocycles. The quantitative estimate of drug-likeness (QED) is 0.704. The maximum absolute atomic E-state index is 13.0. The van der Waals surface area contributed by atoms with Crippen LogP contribution in [0.15, 0.2) is 36.5 Å². The molecular formula is C21H23F3N4O2. The number of hydrogen-bond acceptors (Lipinski definition) is 4. The SMILES string of the molecule is Cc1cccc(N2CC(C(=O)NCCNc3ncccc3C(F)(F)F)CC2=O)c1C. The molecule has 30 heavy (non-hydrogen) atoms. The van der Waals surface area contributed by atoms with Crippen molar-refractivity contribution in [3.8, 4) is 0 Å². The van der Waals surface area contributed by atoms with Crippen LogP contribution in [-0.4, -0.2) is 36.4 Å². The zero-order chi connectivity index (χ0) is 21.9. The lowest BCUT2D eigenvalue weighted by Gasteiger charge is -2.20. The molecule has 1 aromatic carbocycles. The third kappa shape index (κ3) is 4.72. The van der Waals surface area contributed by atoms with Crippen molar-refractivity contribution in [3.05, 3.63) is 53.2 Å². The van der Waals surface area contributed by atoms with Gasteiger partial charge in [0.2, 0.25) is 11.8 Å². The van der Waals surface area contributed by atoms with Gasteiger partial charge in [-0.25, -0.2) is 4.98 Å². The van der Waals surface area contributed by atoms with Crippen LogP contribution in [0.25, 0.3) is 0 Å². The normalized spacial score (nSPS) is 16.6. The molecule has 1 fully saturated rings. The van der Waals surface area contributed by atoms with Crippen molar-refractivity contribution in [2.45, 2.75) is 26.4 Å². The molecule has 0 radical (unpaired) electrons. The minimum atomic E-state index is -4.51. The molecule has 160 valence electrons. The largest absolute Gasteiger partial charge is 0.419 e. The van der Waals surface area contributed by atoms with Crippen LogP contribution in [0.5, 0.6) is 0 Å². The number of pyridine rings is 1. The van der Waals surface area contributed by atoms with E-state index in [2.05, 4.69) is 15.6 Å². The van der Waals surface area contributed by atoms with Gasteiger partial charge in [0, 0.05) is 37.9 Å². The number of aromatic nitrogens is 1. The van der Waals surface area contributed by atoms with Gasteiger partial charge >= 0.3 is 6.18 Å². The maximum Gasteiger partial charge on any atom is 0.419 e. The summed E-state index contributed by atoms with van der Waals surface area (Å²) in [6.45, 7) is 4.36. The number of alkyl halides is 3. The van der Waals surface area contributed by atoms with Gasteiger partial charge in [-0.2, -0.15) is 13.2 Å². The molecule has 9 heteroatoms. The Morgan fingerprint density at radius 1 is 1.20 bits per heavy atom. The van der Waals surface area contributed by atoms with Crippen LogP contribution in [0.3, 0.4) is 0 Å². The van der Waals surface area contributed by atoms with Crippen LogP contribution in [0, 0.1) is 19.8 Å². The predicted octanol–water partition coefficient (Wildman–Crippen LogP) is 3.30. The van der Waals surface area contributed by atoms with E-state index >= 15 is 0 Å². The fraction of sp³-hybridized carbons (Fsp3) is 0.381. The number of benzene rings is 1. The summed E-state index contributed by atoms with van der Waals surface area (Å²) < 4.78 is 38.9. The highest BCUT2D eigenvalue weighted by molar-refractivity contribution is 6.00. The van der Waals surface area contributed by atoms with E-state index < -0.39 is 17.7 Å². The van der Waals surface area contributed by atoms with E-state index in [0.717, 1.165) is 22.9 Å². The van der Waals surface area contributed by atoms with Crippen LogP contribution in [0.2, 0.25) is 0 Å². The molecule has 2 aromatic rings. The Hall–Kier alpha value is -3.10. The number of nitrogens with one attached hydrogen (secondary N) is 2. The number of carbonyl (C=O) groups is 2. The van der Waals surface area contributed by atoms with E-state index in [1.807, 2.05) is 32.0 Å². The lowest BCUT2D eigenvalue weighted by molar-refractivity contribution is -0.137. The first-order valence-electron chi connectivity index (χ1n) is 9.59. The Bertz CT molecular complexity index is 946. The molecule has 3 rings (SSSR count). The van der Waals surface area contributed by atoms with Crippen molar-refractivity contribution in [1.82, 2.24) is 10.3 Å². The molecule has 1 aliphatic rings. The summed E-state index contributed by atoms with van der Waals surface area (Å²) in [5, 5.41) is 5.28. The molecule has 0 aliphatic carbocycles. The standard InChI is InChI=1S/C21H23F3N4O2/c1-13-5-3-7-17(14(13)2)28-12-15(11-18(28)29)20(30)27-10-9-26-19-16(21(22,23)24)6-4-8-25-19/h3-8,15H,9-12H2,1-2H3,(H,25,26)(H,27,30). The van der Waals surface area contributed by atoms with E-state index in [4.69, 9.17) is 0 Å². The summed E-state index contributed by atoms with van der Waals surface area (Å²) in [5.74, 6) is -1.20. The minimum absolute atomic E-state index is 0.0766. The van der Waals surface area contributed by atoms with Gasteiger partial charge in [0.25, 0.3) is 0 Å². The molecule has 1 aliphatic heterocycles. The van der Waals surface area contributed by atoms with Crippen molar-refractivity contribution in [1.29, 1.82) is 0 Å². The molecule has 0 bridgehead atoms. The third-order valence-corrected chi connectivity index (χ3v) is 5.19. The van der Waals surface area contributed by atoms with Gasteiger partial charge in [0.05, 0.1) is 11.5 Å². The Kier molecular flexibility index (Phi) is 6.28. The van der Waals surface area contributed by atoms with Gasteiger partial charge in [-0.05, 0) is 43.2 Å². The van der Waals surface area contributed by atoms with Crippen molar-refractivity contribution in [3.63, 3.8) is 0 Å². The number of rotatable bonds is 6. The van der Waals surface area contributed by atoms with E-state index in [1.165, 1.54) is 12.3 Å². The van der Waals surface area contributed by atoms with Gasteiger partial charge in [-0.15, -0.1) is 0 Å². The van der Waals surface area contributed by atoms with Gasteiger partial charge in [0.15, 0.2) is 0 Å². The Morgan fingerprint density at radius 3 is 2.70 bits per heavy atom. The number of amides is 2. The van der Waals surface area contributed by atoms with Crippen molar-refractivity contribution >= 4 is 23.3 Å². The zero-order valence-electron chi connectivity index (χ0n) is 16.7. The summed E-state index contributed by atoms with van der Waals surface area (Å²) in [7, 11) is 0. The predicted molar refractivity (Wildman–Crippen MR) is 107 cm³/mol. The van der Waals surface area contributed by atoms with E-state index in [0.29, 0.717) is 0 Å². The average Bonchev–Trinajstić information content (AvgIpc) is 3.08. The van der Waals surface area contributed by atoms with E-state index in [1.54, 1.807) is 4.90 Å². The second-order valence-electron chi connectivity index (χ2n) is 7.24. The van der Waals surface area contributed by atoms with Crippen molar-refractivity contribution in [2.75, 3.05) is 29.9 Å². The van der Waals surface area contributed by atoms with Gasteiger partial charge in [0.1, 0.15) is 5.82 Å². The van der Waals surface area contributed by atoms with Gasteiger partial charge < -0.3 is 15.5 Å². The number of halogens is 3. The number of aryl methyl sites for hydroxylation is 1. The molecule has 6 nitrogen and oxygen atoms in total. The number of nitrogens with zero attached hydrogens (tertiary/aromatic N) is 2. The molecule has 1 unspecified atom stereocenters. The highest BCUT2D eigenvalue weighted by atomic mass is 19.4. The fourth-order valence-electron chi connectivity index (χ4n) is 3.43. The van der Waals surface area contributed by atoms with Crippen LogP contribution >= 0.6 is 0 Å². The van der Waals surface area contributed by atoms with E-state index in [-0.39, 0.29) is 43.7 Å². The first kappa shape index (κ1) is 21.6.